The van der Waals surface area contributed by atoms with Crippen LogP contribution in [0.3, 0.4) is 0 Å². The molecule has 3 heteroatoms. The van der Waals surface area contributed by atoms with Crippen molar-refractivity contribution < 1.29 is 9.18 Å². The van der Waals surface area contributed by atoms with Crippen molar-refractivity contribution in [3.63, 3.8) is 0 Å². The van der Waals surface area contributed by atoms with E-state index < -0.39 is 0 Å². The predicted octanol–water partition coefficient (Wildman–Crippen LogP) is 4.68. The Morgan fingerprint density at radius 3 is 2.50 bits per heavy atom. The van der Waals surface area contributed by atoms with E-state index in [0.717, 1.165) is 23.0 Å². The van der Waals surface area contributed by atoms with Crippen LogP contribution >= 0.6 is 15.9 Å². The molecule has 0 radical (unpaired) electrons. The second-order valence-electron chi connectivity index (χ2n) is 4.24. The zero-order valence-electron chi connectivity index (χ0n) is 10.1. The molecule has 0 atom stereocenters. The molecule has 1 nitrogen and oxygen atoms in total. The van der Waals surface area contributed by atoms with Gasteiger partial charge in [-0.2, -0.15) is 0 Å². The van der Waals surface area contributed by atoms with Crippen molar-refractivity contribution >= 4 is 22.2 Å². The third-order valence-corrected chi connectivity index (χ3v) is 3.63. The fourth-order valence-electron chi connectivity index (χ4n) is 1.99. The third-order valence-electron chi connectivity index (χ3n) is 2.97. The predicted molar refractivity (Wildman–Crippen MR) is 74.4 cm³/mol. The van der Waals surface area contributed by atoms with E-state index in [9.17, 15) is 9.18 Å². The van der Waals surface area contributed by atoms with Crippen molar-refractivity contribution in [2.45, 2.75) is 13.8 Å². The summed E-state index contributed by atoms with van der Waals surface area (Å²) in [6.45, 7) is 3.72. The van der Waals surface area contributed by atoms with Crippen LogP contribution in [-0.2, 0) is 0 Å². The molecule has 2 aromatic rings. The molecule has 2 rings (SSSR count). The molecule has 0 saturated carbocycles. The maximum atomic E-state index is 13.9. The number of carbonyl (C=O) groups excluding carboxylic acids is 1. The smallest absolute Gasteiger partial charge is 0.150 e. The standard InChI is InChI=1S/C15H12BrFO/c1-9-7-12(10(2)6-11(9)8-18)15-13(16)4-3-5-14(15)17/h3-8H,1-2H3. The van der Waals surface area contributed by atoms with Gasteiger partial charge in [-0.3, -0.25) is 4.79 Å². The van der Waals surface area contributed by atoms with Gasteiger partial charge in [0.15, 0.2) is 0 Å². The molecule has 0 aliphatic carbocycles. The lowest BCUT2D eigenvalue weighted by Gasteiger charge is -2.12. The van der Waals surface area contributed by atoms with Crippen LogP contribution in [0.25, 0.3) is 11.1 Å². The van der Waals surface area contributed by atoms with Crippen molar-refractivity contribution in [2.24, 2.45) is 0 Å². The number of aldehydes is 1. The molecule has 92 valence electrons. The van der Waals surface area contributed by atoms with Crippen molar-refractivity contribution in [2.75, 3.05) is 0 Å². The zero-order chi connectivity index (χ0) is 13.3. The van der Waals surface area contributed by atoms with Crippen molar-refractivity contribution in [3.8, 4) is 11.1 Å². The van der Waals surface area contributed by atoms with Crippen molar-refractivity contribution in [3.05, 3.63) is 57.3 Å². The van der Waals surface area contributed by atoms with Crippen molar-refractivity contribution in [1.29, 1.82) is 0 Å². The highest BCUT2D eigenvalue weighted by atomic mass is 79.9. The number of rotatable bonds is 2. The fraction of sp³-hybridized carbons (Fsp3) is 0.133. The Morgan fingerprint density at radius 1 is 1.17 bits per heavy atom. The van der Waals surface area contributed by atoms with E-state index in [0.29, 0.717) is 15.6 Å². The van der Waals surface area contributed by atoms with Gasteiger partial charge in [0.25, 0.3) is 0 Å². The molecular formula is C15H12BrFO. The number of hydrogen-bond acceptors (Lipinski definition) is 1. The van der Waals surface area contributed by atoms with E-state index >= 15 is 0 Å². The van der Waals surface area contributed by atoms with Crippen LogP contribution in [0, 0.1) is 19.7 Å². The molecule has 0 fully saturated rings. The maximum Gasteiger partial charge on any atom is 0.150 e. The van der Waals surface area contributed by atoms with E-state index in [1.165, 1.54) is 6.07 Å². The van der Waals surface area contributed by atoms with Crippen molar-refractivity contribution in [1.82, 2.24) is 0 Å². The molecule has 0 N–H and O–H groups in total. The first kappa shape index (κ1) is 13.0. The van der Waals surface area contributed by atoms with Gasteiger partial charge in [-0.25, -0.2) is 4.39 Å². The zero-order valence-corrected chi connectivity index (χ0v) is 11.7. The summed E-state index contributed by atoms with van der Waals surface area (Å²) in [6, 6.07) is 8.53. The van der Waals surface area contributed by atoms with Crippen LogP contribution in [-0.4, -0.2) is 6.29 Å². The average molecular weight is 307 g/mol. The molecule has 0 aliphatic heterocycles. The van der Waals surface area contributed by atoms with Crippen LogP contribution in [0.15, 0.2) is 34.8 Å². The largest absolute Gasteiger partial charge is 0.298 e. The Kier molecular flexibility index (Phi) is 3.62. The minimum absolute atomic E-state index is 0.272. The van der Waals surface area contributed by atoms with Crippen LogP contribution in [0.1, 0.15) is 21.5 Å². The molecule has 0 unspecified atom stereocenters. The Morgan fingerprint density at radius 2 is 1.89 bits per heavy atom. The van der Waals surface area contributed by atoms with E-state index in [4.69, 9.17) is 0 Å². The molecule has 18 heavy (non-hydrogen) atoms. The van der Waals surface area contributed by atoms with Gasteiger partial charge in [0.1, 0.15) is 12.1 Å². The Balaban J connectivity index is 2.72. The highest BCUT2D eigenvalue weighted by Gasteiger charge is 2.13. The van der Waals surface area contributed by atoms with Gasteiger partial charge in [0.05, 0.1) is 0 Å². The summed E-state index contributed by atoms with van der Waals surface area (Å²) in [7, 11) is 0. The van der Waals surface area contributed by atoms with Gasteiger partial charge in [-0.05, 0) is 48.7 Å². The number of benzene rings is 2. The first-order valence-electron chi connectivity index (χ1n) is 5.55. The van der Waals surface area contributed by atoms with E-state index in [1.54, 1.807) is 18.2 Å². The molecule has 2 aromatic carbocycles. The molecule has 0 aliphatic rings. The lowest BCUT2D eigenvalue weighted by atomic mass is 9.95. The summed E-state index contributed by atoms with van der Waals surface area (Å²) in [6.07, 6.45) is 0.822. The average Bonchev–Trinajstić information content (AvgIpc) is 2.32. The highest BCUT2D eigenvalue weighted by molar-refractivity contribution is 9.10. The SMILES string of the molecule is Cc1cc(-c2c(F)cccc2Br)c(C)cc1C=O. The maximum absolute atomic E-state index is 13.9. The lowest BCUT2D eigenvalue weighted by Crippen LogP contribution is -1.94. The van der Waals surface area contributed by atoms with Crippen LogP contribution in [0.2, 0.25) is 0 Å². The number of carbonyl (C=O) groups is 1. The summed E-state index contributed by atoms with van der Waals surface area (Å²) in [5, 5.41) is 0. The molecule has 0 amide bonds. The van der Waals surface area contributed by atoms with Gasteiger partial charge in [-0.1, -0.05) is 28.1 Å². The molecular weight excluding hydrogens is 295 g/mol. The minimum Gasteiger partial charge on any atom is -0.298 e. The molecule has 0 aromatic heterocycles. The topological polar surface area (TPSA) is 17.1 Å². The van der Waals surface area contributed by atoms with Gasteiger partial charge in [0, 0.05) is 15.6 Å². The van der Waals surface area contributed by atoms with E-state index in [1.807, 2.05) is 19.9 Å². The van der Waals surface area contributed by atoms with Gasteiger partial charge < -0.3 is 0 Å². The normalized spacial score (nSPS) is 10.4. The second-order valence-corrected chi connectivity index (χ2v) is 5.09. The molecule has 0 bridgehead atoms. The molecule has 0 saturated heterocycles. The quantitative estimate of drug-likeness (QED) is 0.736. The first-order chi connectivity index (χ1) is 8.54. The highest BCUT2D eigenvalue weighted by Crippen LogP contribution is 2.34. The summed E-state index contributed by atoms with van der Waals surface area (Å²) in [4.78, 5) is 10.9. The van der Waals surface area contributed by atoms with Crippen LogP contribution in [0.5, 0.6) is 0 Å². The summed E-state index contributed by atoms with van der Waals surface area (Å²) in [5.74, 6) is -0.272. The first-order valence-corrected chi connectivity index (χ1v) is 6.34. The number of aryl methyl sites for hydroxylation is 2. The Bertz CT molecular complexity index is 600. The second kappa shape index (κ2) is 5.02. The summed E-state index contributed by atoms with van der Waals surface area (Å²) in [5.41, 5.74) is 3.72. The van der Waals surface area contributed by atoms with Gasteiger partial charge in [0.2, 0.25) is 0 Å². The lowest BCUT2D eigenvalue weighted by molar-refractivity contribution is 0.112. The number of hydrogen-bond donors (Lipinski definition) is 0. The third kappa shape index (κ3) is 2.23. The minimum atomic E-state index is -0.272. The van der Waals surface area contributed by atoms with E-state index in [2.05, 4.69) is 15.9 Å². The van der Waals surface area contributed by atoms with Crippen LogP contribution < -0.4 is 0 Å². The number of halogens is 2. The van der Waals surface area contributed by atoms with E-state index in [-0.39, 0.29) is 5.82 Å². The van der Waals surface area contributed by atoms with Gasteiger partial charge in [-0.15, -0.1) is 0 Å². The monoisotopic (exact) mass is 306 g/mol. The summed E-state index contributed by atoms with van der Waals surface area (Å²) >= 11 is 3.37. The Hall–Kier alpha value is -1.48. The van der Waals surface area contributed by atoms with Crippen LogP contribution in [0.4, 0.5) is 4.39 Å². The Labute approximate surface area is 114 Å². The van der Waals surface area contributed by atoms with Gasteiger partial charge >= 0.3 is 0 Å². The summed E-state index contributed by atoms with van der Waals surface area (Å²) < 4.78 is 14.6. The molecule has 0 heterocycles. The molecule has 0 spiro atoms. The fourth-order valence-corrected chi connectivity index (χ4v) is 2.55.